The zero-order chi connectivity index (χ0) is 15.5. The average Bonchev–Trinajstić information content (AvgIpc) is 2.55. The molecule has 3 aromatic carbocycles. The van der Waals surface area contributed by atoms with Gasteiger partial charge in [0.05, 0.1) is 5.69 Å². The van der Waals surface area contributed by atoms with Crippen LogP contribution in [0.15, 0.2) is 72.8 Å². The quantitative estimate of drug-likeness (QED) is 0.561. The molecule has 0 unspecified atom stereocenters. The van der Waals surface area contributed by atoms with Crippen molar-refractivity contribution in [2.24, 2.45) is 5.73 Å². The molecule has 0 aliphatic rings. The molecular weight excluding hydrogens is 274 g/mol. The second-order valence-corrected chi connectivity index (χ2v) is 4.89. The van der Waals surface area contributed by atoms with E-state index in [1.807, 2.05) is 54.6 Å². The highest BCUT2D eigenvalue weighted by atomic mass is 16.2. The molecule has 0 bridgehead atoms. The summed E-state index contributed by atoms with van der Waals surface area (Å²) in [4.78, 5) is 14.1. The Morgan fingerprint density at radius 2 is 1.50 bits per heavy atom. The number of carbonyl (C=O) groups excluding carboxylic acids is 1. The standard InChI is InChI=1S/C18H15N3O/c19-18(20)21(14-9-2-1-3-10-14)17(22)16-12-6-8-13-7-4-5-11-15(13)16/h1-12H,(H3,19,20). The number of rotatable bonds is 2. The van der Waals surface area contributed by atoms with Crippen LogP contribution in [0.5, 0.6) is 0 Å². The first-order valence-electron chi connectivity index (χ1n) is 6.90. The SMILES string of the molecule is N=C(N)N(C(=O)c1cccc2ccccc12)c1ccccc1. The van der Waals surface area contributed by atoms with Gasteiger partial charge in [0.2, 0.25) is 0 Å². The van der Waals surface area contributed by atoms with E-state index in [2.05, 4.69) is 0 Å². The molecule has 3 rings (SSSR count). The van der Waals surface area contributed by atoms with Crippen LogP contribution < -0.4 is 10.6 Å². The summed E-state index contributed by atoms with van der Waals surface area (Å²) in [6.07, 6.45) is 0. The molecule has 1 amide bonds. The van der Waals surface area contributed by atoms with Crippen LogP contribution in [0.1, 0.15) is 10.4 Å². The minimum atomic E-state index is -0.310. The molecule has 0 aliphatic carbocycles. The van der Waals surface area contributed by atoms with Crippen LogP contribution in [0.25, 0.3) is 10.8 Å². The first-order valence-corrected chi connectivity index (χ1v) is 6.90. The van der Waals surface area contributed by atoms with E-state index in [1.165, 1.54) is 4.90 Å². The Morgan fingerprint density at radius 1 is 0.864 bits per heavy atom. The van der Waals surface area contributed by atoms with Gasteiger partial charge in [-0.2, -0.15) is 0 Å². The van der Waals surface area contributed by atoms with Crippen LogP contribution in [0.3, 0.4) is 0 Å². The van der Waals surface area contributed by atoms with Crippen LogP contribution >= 0.6 is 0 Å². The van der Waals surface area contributed by atoms with Crippen molar-refractivity contribution in [1.29, 1.82) is 5.41 Å². The maximum Gasteiger partial charge on any atom is 0.265 e. The summed E-state index contributed by atoms with van der Waals surface area (Å²) in [6, 6.07) is 22.2. The molecule has 22 heavy (non-hydrogen) atoms. The maximum absolute atomic E-state index is 12.9. The van der Waals surface area contributed by atoms with Gasteiger partial charge in [-0.25, -0.2) is 4.90 Å². The van der Waals surface area contributed by atoms with Gasteiger partial charge >= 0.3 is 0 Å². The van der Waals surface area contributed by atoms with Crippen molar-refractivity contribution in [3.63, 3.8) is 0 Å². The van der Waals surface area contributed by atoms with Crippen molar-refractivity contribution in [3.8, 4) is 0 Å². The predicted octanol–water partition coefficient (Wildman–Crippen LogP) is 3.38. The Balaban J connectivity index is 2.13. The van der Waals surface area contributed by atoms with Crippen LogP contribution in [0.4, 0.5) is 5.69 Å². The Labute approximate surface area is 128 Å². The number of nitrogens with zero attached hydrogens (tertiary/aromatic N) is 1. The molecule has 0 aliphatic heterocycles. The van der Waals surface area contributed by atoms with Gasteiger partial charge < -0.3 is 5.73 Å². The zero-order valence-corrected chi connectivity index (χ0v) is 11.9. The number of benzene rings is 3. The summed E-state index contributed by atoms with van der Waals surface area (Å²) in [6.45, 7) is 0. The van der Waals surface area contributed by atoms with E-state index in [1.54, 1.807) is 18.2 Å². The Hall–Kier alpha value is -3.14. The molecule has 0 aromatic heterocycles. The van der Waals surface area contributed by atoms with Crippen LogP contribution in [-0.4, -0.2) is 11.9 Å². The molecule has 0 atom stereocenters. The number of anilines is 1. The van der Waals surface area contributed by atoms with Gasteiger partial charge in [0.1, 0.15) is 0 Å². The molecule has 108 valence electrons. The van der Waals surface area contributed by atoms with E-state index in [4.69, 9.17) is 11.1 Å². The molecular formula is C18H15N3O. The fourth-order valence-electron chi connectivity index (χ4n) is 2.48. The highest BCUT2D eigenvalue weighted by Gasteiger charge is 2.21. The number of hydrogen-bond donors (Lipinski definition) is 2. The average molecular weight is 289 g/mol. The summed E-state index contributed by atoms with van der Waals surface area (Å²) < 4.78 is 0. The van der Waals surface area contributed by atoms with E-state index < -0.39 is 0 Å². The number of nitrogens with two attached hydrogens (primary N) is 1. The third-order valence-electron chi connectivity index (χ3n) is 3.48. The predicted molar refractivity (Wildman–Crippen MR) is 89.1 cm³/mol. The third-order valence-corrected chi connectivity index (χ3v) is 3.48. The monoisotopic (exact) mass is 289 g/mol. The van der Waals surface area contributed by atoms with E-state index in [0.29, 0.717) is 11.3 Å². The summed E-state index contributed by atoms with van der Waals surface area (Å²) in [5, 5.41) is 9.58. The largest absolute Gasteiger partial charge is 0.369 e. The fraction of sp³-hybridized carbons (Fsp3) is 0. The van der Waals surface area contributed by atoms with Gasteiger partial charge in [0.15, 0.2) is 5.96 Å². The molecule has 0 radical (unpaired) electrons. The summed E-state index contributed by atoms with van der Waals surface area (Å²) in [5.41, 5.74) is 6.74. The van der Waals surface area contributed by atoms with E-state index in [9.17, 15) is 4.79 Å². The summed E-state index contributed by atoms with van der Waals surface area (Å²) in [5.74, 6) is -0.611. The molecule has 4 heteroatoms. The van der Waals surface area contributed by atoms with Crippen molar-refractivity contribution in [1.82, 2.24) is 0 Å². The number of guanidine groups is 1. The lowest BCUT2D eigenvalue weighted by molar-refractivity contribution is 0.100. The second-order valence-electron chi connectivity index (χ2n) is 4.89. The smallest absolute Gasteiger partial charge is 0.265 e. The zero-order valence-electron chi connectivity index (χ0n) is 11.9. The van der Waals surface area contributed by atoms with Gasteiger partial charge in [-0.3, -0.25) is 10.2 Å². The molecule has 0 heterocycles. The van der Waals surface area contributed by atoms with Gasteiger partial charge in [0.25, 0.3) is 5.91 Å². The Morgan fingerprint density at radius 3 is 2.23 bits per heavy atom. The summed E-state index contributed by atoms with van der Waals surface area (Å²) >= 11 is 0. The van der Waals surface area contributed by atoms with E-state index in [0.717, 1.165) is 10.8 Å². The third kappa shape index (κ3) is 2.42. The second kappa shape index (κ2) is 5.69. The van der Waals surface area contributed by atoms with Crippen LogP contribution in [0.2, 0.25) is 0 Å². The van der Waals surface area contributed by atoms with E-state index >= 15 is 0 Å². The van der Waals surface area contributed by atoms with Crippen molar-refractivity contribution >= 4 is 28.3 Å². The molecule has 3 aromatic rings. The molecule has 4 nitrogen and oxygen atoms in total. The van der Waals surface area contributed by atoms with Crippen molar-refractivity contribution in [2.75, 3.05) is 4.90 Å². The van der Waals surface area contributed by atoms with Gasteiger partial charge in [0, 0.05) is 5.56 Å². The number of para-hydroxylation sites is 1. The number of amides is 1. The normalized spacial score (nSPS) is 10.4. The lowest BCUT2D eigenvalue weighted by Crippen LogP contribution is -2.41. The number of hydrogen-bond acceptors (Lipinski definition) is 2. The Kier molecular flexibility index (Phi) is 3.58. The van der Waals surface area contributed by atoms with Crippen LogP contribution in [0, 0.1) is 5.41 Å². The number of nitrogens with one attached hydrogen (secondary N) is 1. The van der Waals surface area contributed by atoms with Crippen molar-refractivity contribution in [3.05, 3.63) is 78.4 Å². The highest BCUT2D eigenvalue weighted by molar-refractivity contribution is 6.24. The van der Waals surface area contributed by atoms with Gasteiger partial charge in [-0.05, 0) is 29.0 Å². The lowest BCUT2D eigenvalue weighted by Gasteiger charge is -2.21. The summed E-state index contributed by atoms with van der Waals surface area (Å²) in [7, 11) is 0. The van der Waals surface area contributed by atoms with Crippen LogP contribution in [-0.2, 0) is 0 Å². The van der Waals surface area contributed by atoms with Crippen molar-refractivity contribution in [2.45, 2.75) is 0 Å². The topological polar surface area (TPSA) is 70.2 Å². The molecule has 0 saturated heterocycles. The first kappa shape index (κ1) is 13.8. The molecule has 0 spiro atoms. The molecule has 0 fully saturated rings. The van der Waals surface area contributed by atoms with E-state index in [-0.39, 0.29) is 11.9 Å². The Bertz CT molecular complexity index is 838. The maximum atomic E-state index is 12.9. The minimum Gasteiger partial charge on any atom is -0.369 e. The van der Waals surface area contributed by atoms with Gasteiger partial charge in [-0.15, -0.1) is 0 Å². The molecule has 3 N–H and O–H groups in total. The first-order chi connectivity index (χ1) is 10.7. The minimum absolute atomic E-state index is 0.302. The van der Waals surface area contributed by atoms with Crippen molar-refractivity contribution < 1.29 is 4.79 Å². The van der Waals surface area contributed by atoms with Gasteiger partial charge in [-0.1, -0.05) is 54.6 Å². The fourth-order valence-corrected chi connectivity index (χ4v) is 2.48. The molecule has 0 saturated carbocycles. The number of fused-ring (bicyclic) bond motifs is 1. The lowest BCUT2D eigenvalue weighted by atomic mass is 10.0. The number of carbonyl (C=O) groups is 1. The highest BCUT2D eigenvalue weighted by Crippen LogP contribution is 2.22.